The standard InChI is InChI=1S/C34H28ClN3O6S2/c1-43-19-10-8-18(9-11-19)38-32(40)27-21-14-22(28(27)33(38)41)29-26(21)25(30-31(45-29)37-34(42)46-30)20-13-16(35)7-12-23(20)44-15-24(39)36-17-5-3-2-4-6-17/h2-13,21-22,25-29H,14-15H2,1H3,(H,36,39)(H,37,42)/t21?,22?,25-,26?,27?,28?,29?/m1/s1. The summed E-state index contributed by atoms with van der Waals surface area (Å²) in [4.78, 5) is 58.6. The van der Waals surface area contributed by atoms with E-state index >= 15 is 0 Å². The van der Waals surface area contributed by atoms with Crippen molar-refractivity contribution in [3.8, 4) is 11.5 Å². The lowest BCUT2D eigenvalue weighted by Gasteiger charge is -2.43. The number of amides is 3. The van der Waals surface area contributed by atoms with Crippen molar-refractivity contribution in [2.24, 2.45) is 29.6 Å². The number of imide groups is 1. The Bertz CT molecular complexity index is 1930. The van der Waals surface area contributed by atoms with Gasteiger partial charge in [0.15, 0.2) is 6.61 Å². The Morgan fingerprint density at radius 1 is 1.00 bits per heavy atom. The van der Waals surface area contributed by atoms with E-state index in [1.165, 1.54) is 4.90 Å². The first kappa shape index (κ1) is 29.3. The molecule has 2 saturated carbocycles. The van der Waals surface area contributed by atoms with E-state index in [0.717, 1.165) is 33.2 Å². The van der Waals surface area contributed by atoms with Crippen molar-refractivity contribution in [1.29, 1.82) is 0 Å². The average molecular weight is 674 g/mol. The van der Waals surface area contributed by atoms with Crippen LogP contribution < -0.4 is 24.6 Å². The molecular weight excluding hydrogens is 646 g/mol. The summed E-state index contributed by atoms with van der Waals surface area (Å²) in [5, 5.41) is 4.11. The first-order chi connectivity index (χ1) is 22.3. The van der Waals surface area contributed by atoms with Crippen LogP contribution in [0.3, 0.4) is 0 Å². The summed E-state index contributed by atoms with van der Waals surface area (Å²) in [7, 11) is 1.57. The highest BCUT2D eigenvalue weighted by atomic mass is 35.5. The number of methoxy groups -OCH3 is 1. The van der Waals surface area contributed by atoms with E-state index < -0.39 is 11.8 Å². The molecule has 3 fully saturated rings. The maximum Gasteiger partial charge on any atom is 0.305 e. The van der Waals surface area contributed by atoms with E-state index in [4.69, 9.17) is 21.1 Å². The van der Waals surface area contributed by atoms with Crippen LogP contribution in [0, 0.1) is 29.6 Å². The lowest BCUT2D eigenvalue weighted by atomic mass is 9.68. The number of thioether (sulfide) groups is 1. The number of aromatic amines is 1. The Balaban J connectivity index is 1.14. The SMILES string of the molecule is COc1ccc(N2C(=O)C3C4CC(C3C2=O)C2C4Sc3[nH]c(=O)sc3[C@@H]2c2cc(Cl)ccc2OCC(=O)Nc2ccccc2)cc1. The highest BCUT2D eigenvalue weighted by molar-refractivity contribution is 8.00. The van der Waals surface area contributed by atoms with Crippen LogP contribution in [0.2, 0.25) is 5.02 Å². The highest BCUT2D eigenvalue weighted by Gasteiger charge is 2.69. The molecular formula is C34H28ClN3O6S2. The monoisotopic (exact) mass is 673 g/mol. The Kier molecular flexibility index (Phi) is 7.23. The molecule has 7 atom stereocenters. The van der Waals surface area contributed by atoms with Gasteiger partial charge in [-0.25, -0.2) is 0 Å². The van der Waals surface area contributed by atoms with Crippen molar-refractivity contribution in [3.05, 3.63) is 97.9 Å². The van der Waals surface area contributed by atoms with Crippen LogP contribution >= 0.6 is 34.7 Å². The number of nitrogens with one attached hydrogen (secondary N) is 2. The predicted octanol–water partition coefficient (Wildman–Crippen LogP) is 5.79. The third-order valence-corrected chi connectivity index (χ3v) is 12.6. The maximum absolute atomic E-state index is 14.1. The van der Waals surface area contributed by atoms with Crippen LogP contribution in [-0.2, 0) is 14.4 Å². The number of ether oxygens (including phenoxy) is 2. The van der Waals surface area contributed by atoms with Crippen LogP contribution in [-0.4, -0.2) is 41.7 Å². The summed E-state index contributed by atoms with van der Waals surface area (Å²) in [6, 6.07) is 21.4. The summed E-state index contributed by atoms with van der Waals surface area (Å²) < 4.78 is 11.4. The second-order valence-corrected chi connectivity index (χ2v) is 14.7. The van der Waals surface area contributed by atoms with E-state index in [2.05, 4.69) is 10.3 Å². The van der Waals surface area contributed by atoms with E-state index in [1.807, 2.05) is 24.3 Å². The molecule has 4 aromatic rings. The van der Waals surface area contributed by atoms with Crippen molar-refractivity contribution in [3.63, 3.8) is 0 Å². The van der Waals surface area contributed by atoms with Gasteiger partial charge in [0.1, 0.15) is 11.5 Å². The molecule has 4 aliphatic rings. The van der Waals surface area contributed by atoms with Gasteiger partial charge in [-0.3, -0.25) is 24.1 Å². The fourth-order valence-electron chi connectivity index (χ4n) is 8.11. The van der Waals surface area contributed by atoms with Gasteiger partial charge < -0.3 is 19.8 Å². The van der Waals surface area contributed by atoms with Gasteiger partial charge >= 0.3 is 4.87 Å². The van der Waals surface area contributed by atoms with E-state index in [9.17, 15) is 19.2 Å². The third kappa shape index (κ3) is 4.66. The zero-order valence-corrected chi connectivity index (χ0v) is 26.9. The van der Waals surface area contributed by atoms with Gasteiger partial charge in [0.05, 0.1) is 29.7 Å². The van der Waals surface area contributed by atoms with Gasteiger partial charge in [0, 0.05) is 32.3 Å². The number of hydrogen-bond donors (Lipinski definition) is 2. The third-order valence-electron chi connectivity index (χ3n) is 9.78. The van der Waals surface area contributed by atoms with Gasteiger partial charge in [0.2, 0.25) is 11.8 Å². The zero-order chi connectivity index (χ0) is 31.7. The van der Waals surface area contributed by atoms with Crippen molar-refractivity contribution in [1.82, 2.24) is 4.98 Å². The fraction of sp³-hybridized carbons (Fsp3) is 0.294. The van der Waals surface area contributed by atoms with Gasteiger partial charge in [-0.15, -0.1) is 11.8 Å². The largest absolute Gasteiger partial charge is 0.497 e. The number of rotatable bonds is 7. The number of hydrogen-bond acceptors (Lipinski definition) is 8. The molecule has 1 aromatic heterocycles. The number of halogens is 1. The Labute approximate surface area is 277 Å². The first-order valence-electron chi connectivity index (χ1n) is 15.0. The Hall–Kier alpha value is -4.06. The number of nitrogens with zero attached hydrogens (tertiary/aromatic N) is 1. The lowest BCUT2D eigenvalue weighted by molar-refractivity contribution is -0.123. The van der Waals surface area contributed by atoms with E-state index in [1.54, 1.807) is 67.4 Å². The van der Waals surface area contributed by atoms with Crippen LogP contribution in [0.1, 0.15) is 22.8 Å². The van der Waals surface area contributed by atoms with Gasteiger partial charge in [0.25, 0.3) is 5.91 Å². The zero-order valence-electron chi connectivity index (χ0n) is 24.5. The van der Waals surface area contributed by atoms with Crippen molar-refractivity contribution < 1.29 is 23.9 Å². The average Bonchev–Trinajstić information content (AvgIpc) is 3.79. The number of aromatic nitrogens is 1. The molecule has 12 heteroatoms. The summed E-state index contributed by atoms with van der Waals surface area (Å²) in [6.45, 7) is -0.226. The number of H-pyrrole nitrogens is 1. The smallest absolute Gasteiger partial charge is 0.305 e. The van der Waals surface area contributed by atoms with Gasteiger partial charge in [-0.1, -0.05) is 41.1 Å². The van der Waals surface area contributed by atoms with Crippen LogP contribution in [0.15, 0.2) is 82.6 Å². The maximum atomic E-state index is 14.1. The molecule has 3 aromatic carbocycles. The number of anilines is 2. The van der Waals surface area contributed by atoms with Crippen molar-refractivity contribution in [2.45, 2.75) is 22.6 Å². The summed E-state index contributed by atoms with van der Waals surface area (Å²) in [5.41, 5.74) is 1.97. The van der Waals surface area contributed by atoms with Crippen LogP contribution in [0.4, 0.5) is 11.4 Å². The quantitative estimate of drug-likeness (QED) is 0.238. The number of thiazole rings is 1. The predicted molar refractivity (Wildman–Crippen MR) is 176 cm³/mol. The molecule has 46 heavy (non-hydrogen) atoms. The summed E-state index contributed by atoms with van der Waals surface area (Å²) in [6.07, 6.45) is 0.748. The molecule has 0 spiro atoms. The fourth-order valence-corrected chi connectivity index (χ4v) is 11.2. The second kappa shape index (κ2) is 11.3. The number of benzene rings is 3. The van der Waals surface area contributed by atoms with E-state index in [-0.39, 0.29) is 58.1 Å². The minimum atomic E-state index is -0.457. The van der Waals surface area contributed by atoms with Crippen molar-refractivity contribution in [2.75, 3.05) is 23.9 Å². The molecule has 6 unspecified atom stereocenters. The molecule has 0 radical (unpaired) electrons. The normalized spacial score (nSPS) is 27.3. The summed E-state index contributed by atoms with van der Waals surface area (Å²) >= 11 is 9.35. The topological polar surface area (TPSA) is 118 Å². The van der Waals surface area contributed by atoms with Crippen molar-refractivity contribution >= 4 is 63.8 Å². The minimum Gasteiger partial charge on any atom is -0.497 e. The second-order valence-electron chi connectivity index (χ2n) is 12.1. The van der Waals surface area contributed by atoms with Gasteiger partial charge in [-0.2, -0.15) is 0 Å². The minimum absolute atomic E-state index is 0.00483. The van der Waals surface area contributed by atoms with Gasteiger partial charge in [-0.05, 0) is 78.8 Å². The summed E-state index contributed by atoms with van der Waals surface area (Å²) in [5.74, 6) is -0.890. The molecule has 234 valence electrons. The molecule has 2 bridgehead atoms. The Morgan fingerprint density at radius 2 is 1.74 bits per heavy atom. The Morgan fingerprint density at radius 3 is 2.48 bits per heavy atom. The lowest BCUT2D eigenvalue weighted by Crippen LogP contribution is -2.42. The molecule has 8 rings (SSSR count). The number of para-hydroxylation sites is 1. The number of carbonyl (C=O) groups excluding carboxylic acids is 3. The molecule has 3 heterocycles. The number of fused-ring (bicyclic) bond motifs is 9. The first-order valence-corrected chi connectivity index (χ1v) is 17.1. The van der Waals surface area contributed by atoms with E-state index in [0.29, 0.717) is 27.9 Å². The number of carbonyl (C=O) groups is 3. The molecule has 2 N–H and O–H groups in total. The molecule has 9 nitrogen and oxygen atoms in total. The van der Waals surface area contributed by atoms with Crippen LogP contribution in [0.5, 0.6) is 11.5 Å². The molecule has 2 aliphatic carbocycles. The van der Waals surface area contributed by atoms with Crippen LogP contribution in [0.25, 0.3) is 0 Å². The molecule has 1 saturated heterocycles. The highest BCUT2D eigenvalue weighted by Crippen LogP contribution is 2.69. The molecule has 2 aliphatic heterocycles. The molecule has 3 amide bonds.